The summed E-state index contributed by atoms with van der Waals surface area (Å²) >= 11 is 0. The largest absolute Gasteiger partial charge is 0.309 e. The highest BCUT2D eigenvalue weighted by Gasteiger charge is 2.59. The highest BCUT2D eigenvalue weighted by atomic mass is 15.2. The van der Waals surface area contributed by atoms with E-state index >= 15 is 0 Å². The van der Waals surface area contributed by atoms with Crippen molar-refractivity contribution in [2.45, 2.75) is 22.7 Å². The predicted octanol–water partition coefficient (Wildman–Crippen LogP) is 25.4. The third kappa shape index (κ3) is 7.60. The first-order valence-corrected chi connectivity index (χ1v) is 36.7. The maximum atomic E-state index is 2.60. The monoisotopic (exact) mass is 1320 g/mol. The minimum absolute atomic E-state index is 0.134. The Morgan fingerprint density at radius 1 is 0.231 bits per heavy atom. The molecular weight excluding hydrogens is 1260 g/mol. The van der Waals surface area contributed by atoms with Crippen LogP contribution in [0.15, 0.2) is 376 Å². The molecule has 6 aliphatic rings. The van der Waals surface area contributed by atoms with Gasteiger partial charge in [0.05, 0.1) is 44.3 Å². The van der Waals surface area contributed by atoms with Crippen LogP contribution in [0.1, 0.15) is 56.3 Å². The zero-order valence-electron chi connectivity index (χ0n) is 56.9. The molecule has 0 fully saturated rings. The molecule has 4 atom stereocenters. The molecule has 0 saturated heterocycles. The van der Waals surface area contributed by atoms with Crippen LogP contribution in [0.3, 0.4) is 0 Å². The van der Waals surface area contributed by atoms with Crippen LogP contribution >= 0.6 is 0 Å². The number of allylic oxidation sites excluding steroid dienone is 8. The summed E-state index contributed by atoms with van der Waals surface area (Å²) in [5.74, 6) is 0.622. The van der Waals surface area contributed by atoms with Gasteiger partial charge in [-0.25, -0.2) is 0 Å². The Balaban J connectivity index is 0.772. The van der Waals surface area contributed by atoms with Crippen LogP contribution < -0.4 is 9.80 Å². The molecular formula is C100H66N4. The lowest BCUT2D eigenvalue weighted by Gasteiger charge is -2.36. The van der Waals surface area contributed by atoms with Gasteiger partial charge in [-0.05, 0) is 164 Å². The van der Waals surface area contributed by atoms with E-state index in [1.165, 1.54) is 110 Å². The molecule has 23 rings (SSSR count). The standard InChI is InChI=1S/C100H66N4/c1-2-36-80-79(35-1)97(101(63-49-53-65(54-50-63)103-93-45-21-11-31-75(93)76-32-12-22-46-94(76)103)67-57-59-91-83(61-67)73-29-9-19-43-89(73)99(91)85-39-15-5-25-69(85)70-26-6-16-40-86(70)99)81-37-3-4-38-82(81)98(80)102(64-51-55-66(56-52-64)104-95-47-23-13-33-77(95)78-34-14-24-48-96(78)104)68-58-60-92-84(62-68)74-30-10-20-44-90(74)100(92)87-41-17-7-27-71(87)72-28-8-18-42-88(72)100/h1-62,73-74,89-90H. The molecule has 4 unspecified atom stereocenters. The lowest BCUT2D eigenvalue weighted by atomic mass is 9.65. The van der Waals surface area contributed by atoms with E-state index < -0.39 is 0 Å². The molecule has 6 aliphatic carbocycles. The first kappa shape index (κ1) is 57.7. The fourth-order valence-electron chi connectivity index (χ4n) is 20.8. The minimum Gasteiger partial charge on any atom is -0.309 e. The second-order valence-electron chi connectivity index (χ2n) is 29.2. The summed E-state index contributed by atoms with van der Waals surface area (Å²) in [6.07, 6.45) is 19.1. The summed E-state index contributed by atoms with van der Waals surface area (Å²) in [6, 6.07) is 125. The third-order valence-corrected chi connectivity index (χ3v) is 24.6. The fraction of sp³-hybridized carbons (Fsp3) is 0.0600. The summed E-state index contributed by atoms with van der Waals surface area (Å²) in [6.45, 7) is 0. The second kappa shape index (κ2) is 21.8. The molecule has 2 aromatic heterocycles. The Morgan fingerprint density at radius 2 is 0.500 bits per heavy atom. The maximum absolute atomic E-state index is 2.60. The average Bonchev–Trinajstić information content (AvgIpc) is 1.51. The van der Waals surface area contributed by atoms with Crippen LogP contribution in [0.4, 0.5) is 34.1 Å². The molecule has 0 bridgehead atoms. The summed E-state index contributed by atoms with van der Waals surface area (Å²) in [4.78, 5) is 5.20. The smallest absolute Gasteiger partial charge is 0.0619 e. The van der Waals surface area contributed by atoms with E-state index in [2.05, 4.69) is 395 Å². The van der Waals surface area contributed by atoms with Crippen molar-refractivity contribution in [2.75, 3.05) is 9.80 Å². The van der Waals surface area contributed by atoms with Gasteiger partial charge in [0, 0.05) is 101 Å². The van der Waals surface area contributed by atoms with Crippen LogP contribution in [-0.4, -0.2) is 9.13 Å². The Kier molecular flexibility index (Phi) is 12.1. The molecule has 2 heterocycles. The average molecular weight is 1320 g/mol. The van der Waals surface area contributed by atoms with Crippen molar-refractivity contribution in [3.05, 3.63) is 421 Å². The molecule has 0 radical (unpaired) electrons. The Morgan fingerprint density at radius 3 is 0.827 bits per heavy atom. The molecule has 17 aromatic rings. The molecule has 4 nitrogen and oxygen atoms in total. The zero-order valence-corrected chi connectivity index (χ0v) is 56.9. The molecule has 2 spiro atoms. The van der Waals surface area contributed by atoms with Gasteiger partial charge < -0.3 is 18.9 Å². The number of aromatic nitrogens is 2. The van der Waals surface area contributed by atoms with Crippen molar-refractivity contribution < 1.29 is 0 Å². The van der Waals surface area contributed by atoms with Crippen LogP contribution in [0, 0.1) is 11.8 Å². The highest BCUT2D eigenvalue weighted by molar-refractivity contribution is 6.23. The van der Waals surface area contributed by atoms with Crippen molar-refractivity contribution in [1.82, 2.24) is 9.13 Å². The van der Waals surface area contributed by atoms with Gasteiger partial charge in [-0.1, -0.05) is 279 Å². The molecule has 0 aliphatic heterocycles. The van der Waals surface area contributed by atoms with Crippen LogP contribution in [0.25, 0.3) is 98.8 Å². The zero-order chi connectivity index (χ0) is 67.9. The number of rotatable bonds is 8. The number of benzene rings is 15. The van der Waals surface area contributed by atoms with Crippen LogP contribution in [0.5, 0.6) is 0 Å². The lowest BCUT2D eigenvalue weighted by molar-refractivity contribution is 0.465. The number of para-hydroxylation sites is 4. The molecule has 0 amide bonds. The van der Waals surface area contributed by atoms with Gasteiger partial charge in [0.1, 0.15) is 0 Å². The number of anilines is 6. The highest BCUT2D eigenvalue weighted by Crippen LogP contribution is 2.68. The van der Waals surface area contributed by atoms with E-state index in [1.54, 1.807) is 0 Å². The van der Waals surface area contributed by atoms with Gasteiger partial charge in [0.25, 0.3) is 0 Å². The van der Waals surface area contributed by atoms with Crippen LogP contribution in [0.2, 0.25) is 0 Å². The Bertz CT molecular complexity index is 6010. The number of hydrogen-bond donors (Lipinski definition) is 0. The van der Waals surface area contributed by atoms with E-state index in [0.717, 1.165) is 67.0 Å². The molecule has 486 valence electrons. The van der Waals surface area contributed by atoms with Gasteiger partial charge in [-0.15, -0.1) is 0 Å². The molecule has 4 heteroatoms. The molecule has 0 N–H and O–H groups in total. The predicted molar refractivity (Wildman–Crippen MR) is 432 cm³/mol. The van der Waals surface area contributed by atoms with Crippen molar-refractivity contribution in [1.29, 1.82) is 0 Å². The summed E-state index contributed by atoms with van der Waals surface area (Å²) < 4.78 is 4.87. The van der Waals surface area contributed by atoms with Gasteiger partial charge in [-0.2, -0.15) is 0 Å². The van der Waals surface area contributed by atoms with E-state index in [9.17, 15) is 0 Å². The number of nitrogens with zero attached hydrogens (tertiary/aromatic N) is 4. The fourth-order valence-corrected chi connectivity index (χ4v) is 20.8. The topological polar surface area (TPSA) is 16.3 Å². The summed E-state index contributed by atoms with van der Waals surface area (Å²) in [5.41, 5.74) is 29.2. The first-order valence-electron chi connectivity index (χ1n) is 36.7. The van der Waals surface area contributed by atoms with Gasteiger partial charge in [0.2, 0.25) is 0 Å². The summed E-state index contributed by atoms with van der Waals surface area (Å²) in [5, 5.41) is 9.57. The van der Waals surface area contributed by atoms with Crippen molar-refractivity contribution >= 4 is 99.3 Å². The molecule has 104 heavy (non-hydrogen) atoms. The number of hydrogen-bond acceptors (Lipinski definition) is 2. The Labute approximate surface area is 603 Å². The van der Waals surface area contributed by atoms with Gasteiger partial charge >= 0.3 is 0 Å². The van der Waals surface area contributed by atoms with Gasteiger partial charge in [0.15, 0.2) is 0 Å². The first-order chi connectivity index (χ1) is 51.6. The van der Waals surface area contributed by atoms with E-state index in [4.69, 9.17) is 0 Å². The normalized spacial score (nSPS) is 17.6. The van der Waals surface area contributed by atoms with Crippen molar-refractivity contribution in [2.24, 2.45) is 11.8 Å². The minimum atomic E-state index is -0.372. The molecule has 15 aromatic carbocycles. The van der Waals surface area contributed by atoms with E-state index in [-0.39, 0.29) is 34.5 Å². The van der Waals surface area contributed by atoms with E-state index in [1.807, 2.05) is 0 Å². The van der Waals surface area contributed by atoms with Crippen molar-refractivity contribution in [3.63, 3.8) is 0 Å². The molecule has 0 saturated carbocycles. The second-order valence-corrected chi connectivity index (χ2v) is 29.2. The van der Waals surface area contributed by atoms with E-state index in [0.29, 0.717) is 0 Å². The Hall–Kier alpha value is -13.0. The quantitative estimate of drug-likeness (QED) is 0.111. The number of fused-ring (bicyclic) bond motifs is 28. The third-order valence-electron chi connectivity index (χ3n) is 24.6. The van der Waals surface area contributed by atoms with Gasteiger partial charge in [-0.3, -0.25) is 0 Å². The maximum Gasteiger partial charge on any atom is 0.0619 e. The SMILES string of the molecule is C1=CC2c3cc(N(c4ccc(-n5c6ccccc6c6ccccc65)cc4)c4c5ccccc5c(N(c5ccc(-n6c7ccccc7c7ccccc76)cc5)c5ccc6c(c5)C5C=CC=CC5C65c6ccccc6-c6ccccc65)c5ccccc45)ccc3C3(c4ccccc4-c4ccccc43)C2C=C1. The lowest BCUT2D eigenvalue weighted by Crippen LogP contribution is -2.32. The summed E-state index contributed by atoms with van der Waals surface area (Å²) in [7, 11) is 0. The van der Waals surface area contributed by atoms with Crippen molar-refractivity contribution in [3.8, 4) is 33.6 Å². The van der Waals surface area contributed by atoms with Crippen LogP contribution in [-0.2, 0) is 10.8 Å².